The van der Waals surface area contributed by atoms with Crippen LogP contribution in [-0.2, 0) is 20.7 Å². The third kappa shape index (κ3) is 4.54. The maximum absolute atomic E-state index is 12.6. The van der Waals surface area contributed by atoms with E-state index in [1.54, 1.807) is 4.90 Å². The van der Waals surface area contributed by atoms with Crippen molar-refractivity contribution in [2.24, 2.45) is 0 Å². The van der Waals surface area contributed by atoms with Gasteiger partial charge in [0.1, 0.15) is 6.54 Å². The van der Waals surface area contributed by atoms with Gasteiger partial charge in [-0.15, -0.1) is 0 Å². The van der Waals surface area contributed by atoms with E-state index >= 15 is 0 Å². The molecule has 4 rings (SSSR count). The Morgan fingerprint density at radius 3 is 2.42 bits per heavy atom. The molecular weight excluding hydrogens is 398 g/mol. The van der Waals surface area contributed by atoms with Crippen molar-refractivity contribution in [3.8, 4) is 11.1 Å². The van der Waals surface area contributed by atoms with Gasteiger partial charge in [0.15, 0.2) is 0 Å². The molecule has 2 aliphatic rings. The van der Waals surface area contributed by atoms with Gasteiger partial charge in [-0.3, -0.25) is 14.5 Å². The molecule has 0 atom stereocenters. The van der Waals surface area contributed by atoms with Crippen molar-refractivity contribution < 1.29 is 23.9 Å². The van der Waals surface area contributed by atoms with Gasteiger partial charge in [0.25, 0.3) is 5.91 Å². The Morgan fingerprint density at radius 1 is 1.00 bits per heavy atom. The molecule has 0 bridgehead atoms. The predicted molar refractivity (Wildman–Crippen MR) is 115 cm³/mol. The first-order valence-electron chi connectivity index (χ1n) is 10.3. The molecule has 1 N–H and O–H groups in total. The second kappa shape index (κ2) is 9.18. The molecule has 0 unspecified atom stereocenters. The molecule has 1 fully saturated rings. The zero-order chi connectivity index (χ0) is 21.8. The number of urea groups is 1. The number of benzene rings is 2. The molecule has 2 aromatic carbocycles. The van der Waals surface area contributed by atoms with E-state index in [1.165, 1.54) is 7.11 Å². The molecule has 3 amide bonds. The van der Waals surface area contributed by atoms with Gasteiger partial charge in [-0.05, 0) is 47.4 Å². The molecule has 0 aliphatic carbocycles. The van der Waals surface area contributed by atoms with E-state index in [1.807, 2.05) is 41.3 Å². The summed E-state index contributed by atoms with van der Waals surface area (Å²) in [5.74, 6) is -0.462. The maximum atomic E-state index is 12.6. The average molecular weight is 423 g/mol. The smallest absolute Gasteiger partial charge is 0.325 e. The summed E-state index contributed by atoms with van der Waals surface area (Å²) < 4.78 is 9.86. The van der Waals surface area contributed by atoms with Crippen LogP contribution in [0.25, 0.3) is 11.1 Å². The van der Waals surface area contributed by atoms with E-state index in [9.17, 15) is 14.4 Å². The van der Waals surface area contributed by atoms with Crippen LogP contribution in [-0.4, -0.2) is 69.3 Å². The maximum Gasteiger partial charge on any atom is 0.325 e. The summed E-state index contributed by atoms with van der Waals surface area (Å²) in [5, 5.41) is 2.57. The number of morpholine rings is 1. The first kappa shape index (κ1) is 20.9. The summed E-state index contributed by atoms with van der Waals surface area (Å²) in [6.45, 7) is 2.80. The number of rotatable bonds is 4. The second-order valence-electron chi connectivity index (χ2n) is 7.46. The number of methoxy groups -OCH3 is 1. The summed E-state index contributed by atoms with van der Waals surface area (Å²) in [7, 11) is 1.28. The lowest BCUT2D eigenvalue weighted by atomic mass is 10.0. The third-order valence-electron chi connectivity index (χ3n) is 5.60. The van der Waals surface area contributed by atoms with Crippen molar-refractivity contribution in [2.75, 3.05) is 51.4 Å². The number of nitrogens with zero attached hydrogens (tertiary/aromatic N) is 2. The molecule has 0 spiro atoms. The second-order valence-corrected chi connectivity index (χ2v) is 7.46. The number of hydrogen-bond acceptors (Lipinski definition) is 5. The van der Waals surface area contributed by atoms with Crippen LogP contribution in [0.5, 0.6) is 0 Å². The molecule has 2 aromatic rings. The van der Waals surface area contributed by atoms with Crippen LogP contribution in [0, 0.1) is 0 Å². The van der Waals surface area contributed by atoms with Gasteiger partial charge in [-0.1, -0.05) is 18.2 Å². The standard InChI is InChI=1S/C23H25N3O5/c1-30-21(27)15-24-23(29)26-9-8-19-14-18(6-7-20(19)26)16-2-4-17(5-3-16)22(28)25-10-12-31-13-11-25/h2-7,14H,8-13,15H2,1H3,(H,24,29). The number of esters is 1. The number of hydrogen-bond donors (Lipinski definition) is 1. The quantitative estimate of drug-likeness (QED) is 0.761. The highest BCUT2D eigenvalue weighted by atomic mass is 16.5. The highest BCUT2D eigenvalue weighted by molar-refractivity contribution is 5.96. The minimum Gasteiger partial charge on any atom is -0.468 e. The largest absolute Gasteiger partial charge is 0.468 e. The van der Waals surface area contributed by atoms with Crippen molar-refractivity contribution in [3.05, 3.63) is 53.6 Å². The van der Waals surface area contributed by atoms with E-state index in [0.717, 1.165) is 28.8 Å². The Morgan fingerprint density at radius 2 is 1.71 bits per heavy atom. The highest BCUT2D eigenvalue weighted by Crippen LogP contribution is 2.32. The van der Waals surface area contributed by atoms with Crippen molar-refractivity contribution >= 4 is 23.6 Å². The van der Waals surface area contributed by atoms with Gasteiger partial charge in [0.2, 0.25) is 0 Å². The number of amides is 3. The number of ether oxygens (including phenoxy) is 2. The van der Waals surface area contributed by atoms with Crippen LogP contribution in [0.15, 0.2) is 42.5 Å². The summed E-state index contributed by atoms with van der Waals surface area (Å²) >= 11 is 0. The first-order chi connectivity index (χ1) is 15.1. The highest BCUT2D eigenvalue weighted by Gasteiger charge is 2.25. The van der Waals surface area contributed by atoms with Crippen LogP contribution >= 0.6 is 0 Å². The van der Waals surface area contributed by atoms with E-state index in [-0.39, 0.29) is 18.5 Å². The molecule has 8 heteroatoms. The fourth-order valence-electron chi connectivity index (χ4n) is 3.86. The fraction of sp³-hybridized carbons (Fsp3) is 0.348. The molecule has 31 heavy (non-hydrogen) atoms. The molecule has 2 heterocycles. The van der Waals surface area contributed by atoms with Crippen molar-refractivity contribution in [1.29, 1.82) is 0 Å². The molecule has 8 nitrogen and oxygen atoms in total. The summed E-state index contributed by atoms with van der Waals surface area (Å²) in [5.41, 5.74) is 4.61. The normalized spacial score (nSPS) is 15.4. The lowest BCUT2D eigenvalue weighted by Crippen LogP contribution is -2.41. The number of fused-ring (bicyclic) bond motifs is 1. The Kier molecular flexibility index (Phi) is 6.18. The van der Waals surface area contributed by atoms with Crippen LogP contribution in [0.2, 0.25) is 0 Å². The van der Waals surface area contributed by atoms with Crippen molar-refractivity contribution in [2.45, 2.75) is 6.42 Å². The molecule has 162 valence electrons. The molecule has 1 saturated heterocycles. The summed E-state index contributed by atoms with van der Waals surface area (Å²) in [6, 6.07) is 13.2. The molecule has 0 aromatic heterocycles. The van der Waals surface area contributed by atoms with Crippen molar-refractivity contribution in [1.82, 2.24) is 10.2 Å². The van der Waals surface area contributed by atoms with Gasteiger partial charge in [0, 0.05) is 30.9 Å². The summed E-state index contributed by atoms with van der Waals surface area (Å²) in [4.78, 5) is 39.7. The Bertz CT molecular complexity index is 983. The minimum absolute atomic E-state index is 0.0254. The lowest BCUT2D eigenvalue weighted by Gasteiger charge is -2.26. The number of nitrogens with one attached hydrogen (secondary N) is 1. The van der Waals surface area contributed by atoms with Gasteiger partial charge in [-0.2, -0.15) is 0 Å². The molecular formula is C23H25N3O5. The van der Waals surface area contributed by atoms with E-state index in [2.05, 4.69) is 16.1 Å². The Hall–Kier alpha value is -3.39. The van der Waals surface area contributed by atoms with E-state index in [4.69, 9.17) is 4.74 Å². The molecule has 0 radical (unpaired) electrons. The minimum atomic E-state index is -0.487. The third-order valence-corrected chi connectivity index (χ3v) is 5.60. The monoisotopic (exact) mass is 423 g/mol. The predicted octanol–water partition coefficient (Wildman–Crippen LogP) is 2.07. The number of anilines is 1. The van der Waals surface area contributed by atoms with Gasteiger partial charge < -0.3 is 19.7 Å². The van der Waals surface area contributed by atoms with Crippen LogP contribution in [0.3, 0.4) is 0 Å². The lowest BCUT2D eigenvalue weighted by molar-refractivity contribution is -0.139. The van der Waals surface area contributed by atoms with E-state index in [0.29, 0.717) is 38.4 Å². The fourth-order valence-corrected chi connectivity index (χ4v) is 3.86. The number of carbonyl (C=O) groups excluding carboxylic acids is 3. The average Bonchev–Trinajstić information content (AvgIpc) is 3.26. The number of carbonyl (C=O) groups is 3. The Labute approximate surface area is 180 Å². The van der Waals surface area contributed by atoms with Gasteiger partial charge in [0.05, 0.1) is 20.3 Å². The summed E-state index contributed by atoms with van der Waals surface area (Å²) in [6.07, 6.45) is 0.739. The first-order valence-corrected chi connectivity index (χ1v) is 10.3. The van der Waals surface area contributed by atoms with Gasteiger partial charge >= 0.3 is 12.0 Å². The van der Waals surface area contributed by atoms with Crippen LogP contribution in [0.1, 0.15) is 15.9 Å². The Balaban J connectivity index is 1.45. The van der Waals surface area contributed by atoms with Crippen LogP contribution in [0.4, 0.5) is 10.5 Å². The van der Waals surface area contributed by atoms with Crippen LogP contribution < -0.4 is 10.2 Å². The zero-order valence-electron chi connectivity index (χ0n) is 17.4. The zero-order valence-corrected chi connectivity index (χ0v) is 17.4. The molecule has 2 aliphatic heterocycles. The SMILES string of the molecule is COC(=O)CNC(=O)N1CCc2cc(-c3ccc(C(=O)N4CCOCC4)cc3)ccc21. The van der Waals surface area contributed by atoms with Crippen molar-refractivity contribution in [3.63, 3.8) is 0 Å². The van der Waals surface area contributed by atoms with E-state index < -0.39 is 5.97 Å². The molecule has 0 saturated carbocycles. The topological polar surface area (TPSA) is 88.2 Å². The van der Waals surface area contributed by atoms with Gasteiger partial charge in [-0.25, -0.2) is 4.79 Å².